The highest BCUT2D eigenvalue weighted by atomic mass is 16.7. The number of hydroxylamine groups is 6. The number of amides is 6. The fourth-order valence-corrected chi connectivity index (χ4v) is 7.14. The molecule has 3 N–H and O–H groups in total. The number of carbonyl (C=O) groups excluding carboxylic acids is 4. The minimum Gasteiger partial charge on any atom is -0.309 e. The number of rotatable bonds is 9. The van der Waals surface area contributed by atoms with Crippen molar-refractivity contribution in [3.8, 4) is 0 Å². The van der Waals surface area contributed by atoms with Crippen LogP contribution in [0.2, 0.25) is 0 Å². The van der Waals surface area contributed by atoms with Crippen molar-refractivity contribution in [2.75, 3.05) is 13.1 Å². The number of nitrogens with one attached hydrogen (secondary N) is 2. The zero-order valence-corrected chi connectivity index (χ0v) is 25.6. The molecule has 1 aromatic carbocycles. The molecule has 4 bridgehead atoms. The van der Waals surface area contributed by atoms with Gasteiger partial charge in [0, 0.05) is 13.1 Å². The second-order valence-electron chi connectivity index (χ2n) is 12.8. The lowest BCUT2D eigenvalue weighted by atomic mass is 10.0. The molecule has 4 aliphatic heterocycles. The van der Waals surface area contributed by atoms with Crippen molar-refractivity contribution in [2.24, 2.45) is 0 Å². The predicted octanol–water partition coefficient (Wildman–Crippen LogP) is 3.01. The van der Waals surface area contributed by atoms with Crippen molar-refractivity contribution in [3.63, 3.8) is 0 Å². The Morgan fingerprint density at radius 2 is 1.22 bits per heavy atom. The minimum atomic E-state index is -0.526. The summed E-state index contributed by atoms with van der Waals surface area (Å²) >= 11 is 0. The van der Waals surface area contributed by atoms with Gasteiger partial charge in [-0.3, -0.25) is 29.3 Å². The molecule has 1 aromatic rings. The Kier molecular flexibility index (Phi) is 10.0. The molecule has 6 fully saturated rings. The Bertz CT molecular complexity index is 1210. The molecule has 4 atom stereocenters. The van der Waals surface area contributed by atoms with Crippen LogP contribution in [-0.4, -0.2) is 98.5 Å². The SMILES string of the molecule is O=C(NOC1CCCC1)[C@@H]1CC[C@@H]2CN1C(=O)N2O.O=C(NOC1CCCC1)[C@@H]1CC[C@@H]2CN1C(=O)N2OCc1ccccc1. The van der Waals surface area contributed by atoms with Crippen LogP contribution < -0.4 is 11.0 Å². The molecule has 45 heavy (non-hydrogen) atoms. The van der Waals surface area contributed by atoms with Gasteiger partial charge in [0.15, 0.2) is 0 Å². The Labute approximate surface area is 262 Å². The second kappa shape index (κ2) is 14.3. The van der Waals surface area contributed by atoms with Crippen molar-refractivity contribution < 1.29 is 38.9 Å². The van der Waals surface area contributed by atoms with E-state index in [0.717, 1.165) is 68.4 Å². The van der Waals surface area contributed by atoms with Crippen LogP contribution in [-0.2, 0) is 30.7 Å². The first-order valence-electron chi connectivity index (χ1n) is 16.4. The lowest BCUT2D eigenvalue weighted by Crippen LogP contribution is -2.50. The number of piperidine rings is 2. The largest absolute Gasteiger partial charge is 0.345 e. The van der Waals surface area contributed by atoms with E-state index < -0.39 is 18.1 Å². The van der Waals surface area contributed by atoms with Gasteiger partial charge in [-0.2, -0.15) is 5.06 Å². The number of hydrogen-bond donors (Lipinski definition) is 3. The molecular formula is C31H44N6O8. The molecule has 14 heteroatoms. The van der Waals surface area contributed by atoms with Crippen molar-refractivity contribution >= 4 is 23.9 Å². The van der Waals surface area contributed by atoms with Gasteiger partial charge in [0.05, 0.1) is 24.3 Å². The van der Waals surface area contributed by atoms with Gasteiger partial charge in [-0.15, -0.1) is 0 Å². The van der Waals surface area contributed by atoms with Crippen LogP contribution in [0.1, 0.15) is 82.6 Å². The van der Waals surface area contributed by atoms with E-state index in [0.29, 0.717) is 39.0 Å². The molecule has 2 aliphatic carbocycles. The molecule has 0 unspecified atom stereocenters. The molecule has 6 amide bonds. The van der Waals surface area contributed by atoms with E-state index in [1.165, 1.54) is 9.96 Å². The molecule has 0 spiro atoms. The highest BCUT2D eigenvalue weighted by Crippen LogP contribution is 2.31. The van der Waals surface area contributed by atoms with Gasteiger partial charge in [0.2, 0.25) is 0 Å². The van der Waals surface area contributed by atoms with E-state index >= 15 is 0 Å². The van der Waals surface area contributed by atoms with Gasteiger partial charge in [-0.1, -0.05) is 56.0 Å². The van der Waals surface area contributed by atoms with Crippen molar-refractivity contribution in [3.05, 3.63) is 35.9 Å². The van der Waals surface area contributed by atoms with Crippen LogP contribution in [0.3, 0.4) is 0 Å². The average molecular weight is 629 g/mol. The summed E-state index contributed by atoms with van der Waals surface area (Å²) in [6.45, 7) is 1.28. The van der Waals surface area contributed by atoms with Crippen LogP contribution in [0.5, 0.6) is 0 Å². The topological polar surface area (TPSA) is 153 Å². The molecule has 0 radical (unpaired) electrons. The Hall–Kier alpha value is -3.46. The number of hydrogen-bond acceptors (Lipinski definition) is 8. The average Bonchev–Trinajstić information content (AvgIpc) is 3.87. The van der Waals surface area contributed by atoms with Gasteiger partial charge in [0.25, 0.3) is 11.8 Å². The summed E-state index contributed by atoms with van der Waals surface area (Å²) in [7, 11) is 0. The van der Waals surface area contributed by atoms with Crippen LogP contribution >= 0.6 is 0 Å². The summed E-state index contributed by atoms with van der Waals surface area (Å²) in [5.41, 5.74) is 6.07. The van der Waals surface area contributed by atoms with E-state index in [1.54, 1.807) is 4.90 Å². The fraction of sp³-hybridized carbons (Fsp3) is 0.677. The third-order valence-corrected chi connectivity index (χ3v) is 9.74. The number of carbonyl (C=O) groups is 4. The molecule has 14 nitrogen and oxygen atoms in total. The maximum atomic E-state index is 12.7. The Balaban J connectivity index is 0.000000167. The highest BCUT2D eigenvalue weighted by Gasteiger charge is 2.48. The van der Waals surface area contributed by atoms with Gasteiger partial charge in [0.1, 0.15) is 18.7 Å². The molecule has 4 saturated heterocycles. The van der Waals surface area contributed by atoms with E-state index in [2.05, 4.69) is 11.0 Å². The van der Waals surface area contributed by atoms with Crippen LogP contribution in [0.15, 0.2) is 30.3 Å². The standard InChI is InChI=1S/C19H25N3O4.C12H19N3O4/c23-18(20-26-16-8-4-5-9-16)17-11-10-15-12-21(17)19(24)22(15)25-13-14-6-2-1-3-7-14;16-11(13-19-9-3-1-2-4-9)10-6-5-8-7-14(10)12(17)15(8)18/h1-3,6-7,15-17H,4-5,8-13H2,(H,20,23);8-10,18H,1-7H2,(H,13,16)/t15-,17+;8-,10+/m11/s1. The van der Waals surface area contributed by atoms with Crippen LogP contribution in [0.4, 0.5) is 9.59 Å². The fourth-order valence-electron chi connectivity index (χ4n) is 7.14. The molecular weight excluding hydrogens is 584 g/mol. The predicted molar refractivity (Wildman–Crippen MR) is 157 cm³/mol. The molecule has 246 valence electrons. The first kappa shape index (κ1) is 31.5. The molecule has 4 heterocycles. The molecule has 2 saturated carbocycles. The maximum Gasteiger partial charge on any atom is 0.345 e. The van der Waals surface area contributed by atoms with Crippen LogP contribution in [0.25, 0.3) is 0 Å². The highest BCUT2D eigenvalue weighted by molar-refractivity contribution is 5.88. The van der Waals surface area contributed by atoms with Gasteiger partial charge in [-0.05, 0) is 56.9 Å². The quantitative estimate of drug-likeness (QED) is 0.279. The third kappa shape index (κ3) is 7.19. The summed E-state index contributed by atoms with van der Waals surface area (Å²) in [6, 6.07) is 7.86. The Morgan fingerprint density at radius 1 is 0.711 bits per heavy atom. The van der Waals surface area contributed by atoms with Gasteiger partial charge < -0.3 is 9.80 Å². The van der Waals surface area contributed by atoms with Crippen molar-refractivity contribution in [1.29, 1.82) is 0 Å². The second-order valence-corrected chi connectivity index (χ2v) is 12.8. The normalized spacial score (nSPS) is 28.0. The lowest BCUT2D eigenvalue weighted by molar-refractivity contribution is -0.144. The van der Waals surface area contributed by atoms with E-state index in [4.69, 9.17) is 14.5 Å². The van der Waals surface area contributed by atoms with Gasteiger partial charge in [-0.25, -0.2) is 25.6 Å². The van der Waals surface area contributed by atoms with E-state index in [-0.39, 0.29) is 42.1 Å². The zero-order valence-electron chi connectivity index (χ0n) is 25.6. The van der Waals surface area contributed by atoms with Crippen molar-refractivity contribution in [1.82, 2.24) is 30.9 Å². The van der Waals surface area contributed by atoms with E-state index in [1.807, 2.05) is 30.3 Å². The van der Waals surface area contributed by atoms with Crippen LogP contribution in [0, 0.1) is 0 Å². The number of urea groups is 2. The minimum absolute atomic E-state index is 0.00557. The number of fused-ring (bicyclic) bond motifs is 4. The summed E-state index contributed by atoms with van der Waals surface area (Å²) in [5, 5.41) is 11.7. The van der Waals surface area contributed by atoms with Gasteiger partial charge >= 0.3 is 12.1 Å². The molecule has 0 aromatic heterocycles. The molecule has 7 rings (SSSR count). The Morgan fingerprint density at radius 3 is 1.80 bits per heavy atom. The number of benzene rings is 1. The smallest absolute Gasteiger partial charge is 0.309 e. The van der Waals surface area contributed by atoms with Crippen molar-refractivity contribution in [2.45, 2.75) is 120 Å². The number of nitrogens with zero attached hydrogens (tertiary/aromatic N) is 4. The summed E-state index contributed by atoms with van der Waals surface area (Å²) in [5.74, 6) is -0.511. The summed E-state index contributed by atoms with van der Waals surface area (Å²) in [6.07, 6.45) is 11.2. The summed E-state index contributed by atoms with van der Waals surface area (Å²) < 4.78 is 0. The zero-order chi connectivity index (χ0) is 31.3. The lowest BCUT2D eigenvalue weighted by Gasteiger charge is -2.29. The summed E-state index contributed by atoms with van der Waals surface area (Å²) in [4.78, 5) is 68.7. The monoisotopic (exact) mass is 628 g/mol. The maximum absolute atomic E-state index is 12.7. The first-order valence-corrected chi connectivity index (χ1v) is 16.4. The third-order valence-electron chi connectivity index (χ3n) is 9.74. The van der Waals surface area contributed by atoms with E-state index in [9.17, 15) is 24.4 Å². The first-order chi connectivity index (χ1) is 21.9. The molecule has 6 aliphatic rings.